The molecule has 0 heterocycles. The Morgan fingerprint density at radius 1 is 1.75 bits per heavy atom. The van der Waals surface area contributed by atoms with Crippen LogP contribution in [0, 0.1) is 0 Å². The summed E-state index contributed by atoms with van der Waals surface area (Å²) < 4.78 is 4.90. The SMILES string of the molecule is COBNC1=CC(C)=CCC1N. The molecule has 0 bridgehead atoms. The average molecular weight is 166 g/mol. The lowest BCUT2D eigenvalue weighted by Crippen LogP contribution is -2.35. The lowest BCUT2D eigenvalue weighted by molar-refractivity contribution is 0.433. The van der Waals surface area contributed by atoms with Gasteiger partial charge in [0.2, 0.25) is 0 Å². The van der Waals surface area contributed by atoms with Crippen LogP contribution in [0.15, 0.2) is 23.4 Å². The van der Waals surface area contributed by atoms with Gasteiger partial charge < -0.3 is 15.6 Å². The molecule has 1 aliphatic carbocycles. The van der Waals surface area contributed by atoms with Crippen molar-refractivity contribution in [2.45, 2.75) is 19.4 Å². The summed E-state index contributed by atoms with van der Waals surface area (Å²) >= 11 is 0. The second kappa shape index (κ2) is 4.33. The molecule has 1 aliphatic rings. The molecule has 12 heavy (non-hydrogen) atoms. The first kappa shape index (κ1) is 9.35. The smallest absolute Gasteiger partial charge is 0.393 e. The Bertz CT molecular complexity index is 213. The fourth-order valence-electron chi connectivity index (χ4n) is 1.19. The summed E-state index contributed by atoms with van der Waals surface area (Å²) in [6, 6.07) is 0.101. The summed E-state index contributed by atoms with van der Waals surface area (Å²) in [6.45, 7) is 2.07. The van der Waals surface area contributed by atoms with Gasteiger partial charge in [-0.15, -0.1) is 0 Å². The van der Waals surface area contributed by atoms with Gasteiger partial charge in [0.25, 0.3) is 0 Å². The van der Waals surface area contributed by atoms with Gasteiger partial charge in [0.05, 0.1) is 0 Å². The third-order valence-corrected chi connectivity index (χ3v) is 1.90. The van der Waals surface area contributed by atoms with E-state index in [-0.39, 0.29) is 6.04 Å². The van der Waals surface area contributed by atoms with Crippen LogP contribution in [0.3, 0.4) is 0 Å². The van der Waals surface area contributed by atoms with Gasteiger partial charge in [-0.05, 0) is 19.4 Å². The number of rotatable bonds is 3. The van der Waals surface area contributed by atoms with Gasteiger partial charge in [0.15, 0.2) is 0 Å². The van der Waals surface area contributed by atoms with E-state index in [1.807, 2.05) is 0 Å². The Kier molecular flexibility index (Phi) is 3.38. The molecule has 0 aliphatic heterocycles. The van der Waals surface area contributed by atoms with Crippen molar-refractivity contribution in [2.75, 3.05) is 7.11 Å². The maximum Gasteiger partial charge on any atom is 0.393 e. The Hall–Kier alpha value is -0.735. The van der Waals surface area contributed by atoms with Crippen molar-refractivity contribution in [1.82, 2.24) is 5.23 Å². The summed E-state index contributed by atoms with van der Waals surface area (Å²) in [6.07, 6.45) is 5.12. The molecule has 1 rings (SSSR count). The van der Waals surface area contributed by atoms with Gasteiger partial charge in [-0.2, -0.15) is 0 Å². The Balaban J connectivity index is 2.53. The van der Waals surface area contributed by atoms with Gasteiger partial charge in [-0.25, -0.2) is 0 Å². The zero-order chi connectivity index (χ0) is 8.97. The van der Waals surface area contributed by atoms with Crippen LogP contribution in [0.1, 0.15) is 13.3 Å². The molecule has 0 aromatic heterocycles. The number of hydrogen-bond donors (Lipinski definition) is 2. The van der Waals surface area contributed by atoms with Crippen molar-refractivity contribution in [2.24, 2.45) is 5.73 Å². The van der Waals surface area contributed by atoms with Gasteiger partial charge >= 0.3 is 7.62 Å². The van der Waals surface area contributed by atoms with Crippen LogP contribution in [-0.2, 0) is 4.65 Å². The zero-order valence-corrected chi connectivity index (χ0v) is 7.63. The number of allylic oxidation sites excluding steroid dienone is 2. The predicted molar refractivity (Wildman–Crippen MR) is 51.7 cm³/mol. The van der Waals surface area contributed by atoms with E-state index >= 15 is 0 Å². The van der Waals surface area contributed by atoms with Gasteiger partial charge in [-0.3, -0.25) is 0 Å². The molecule has 0 fully saturated rings. The highest BCUT2D eigenvalue weighted by Crippen LogP contribution is 2.13. The van der Waals surface area contributed by atoms with Crippen molar-refractivity contribution >= 4 is 7.62 Å². The van der Waals surface area contributed by atoms with Gasteiger partial charge in [-0.1, -0.05) is 11.6 Å². The van der Waals surface area contributed by atoms with Gasteiger partial charge in [0.1, 0.15) is 0 Å². The van der Waals surface area contributed by atoms with Crippen LogP contribution < -0.4 is 11.0 Å². The molecule has 0 aromatic rings. The molecule has 0 amide bonds. The van der Waals surface area contributed by atoms with Crippen LogP contribution >= 0.6 is 0 Å². The number of nitrogens with two attached hydrogens (primary N) is 1. The maximum absolute atomic E-state index is 5.85. The minimum atomic E-state index is 0.101. The van der Waals surface area contributed by atoms with Crippen LogP contribution in [0.4, 0.5) is 0 Å². The van der Waals surface area contributed by atoms with E-state index in [1.54, 1.807) is 7.11 Å². The van der Waals surface area contributed by atoms with Crippen LogP contribution in [0.25, 0.3) is 0 Å². The van der Waals surface area contributed by atoms with E-state index in [9.17, 15) is 0 Å². The second-order valence-corrected chi connectivity index (χ2v) is 3.00. The van der Waals surface area contributed by atoms with E-state index in [4.69, 9.17) is 10.4 Å². The third kappa shape index (κ3) is 2.39. The van der Waals surface area contributed by atoms with Crippen molar-refractivity contribution in [3.8, 4) is 0 Å². The Morgan fingerprint density at radius 3 is 3.17 bits per heavy atom. The molecule has 3 N–H and O–H groups in total. The lowest BCUT2D eigenvalue weighted by atomic mass is 9.99. The summed E-state index contributed by atoms with van der Waals surface area (Å²) in [5.41, 5.74) is 8.18. The normalized spacial score (nSPS) is 22.8. The van der Waals surface area contributed by atoms with E-state index in [0.717, 1.165) is 12.1 Å². The van der Waals surface area contributed by atoms with Crippen LogP contribution in [0.5, 0.6) is 0 Å². The minimum Gasteiger partial charge on any atom is -0.422 e. The van der Waals surface area contributed by atoms with Crippen LogP contribution in [0.2, 0.25) is 0 Å². The monoisotopic (exact) mass is 166 g/mol. The summed E-state index contributed by atoms with van der Waals surface area (Å²) in [4.78, 5) is 0. The summed E-state index contributed by atoms with van der Waals surface area (Å²) in [7, 11) is 2.18. The first-order valence-electron chi connectivity index (χ1n) is 4.11. The Morgan fingerprint density at radius 2 is 2.50 bits per heavy atom. The standard InChI is InChI=1S/C8H15BN2O/c1-6-3-4-7(10)8(5-6)11-9-12-2/h3,5,7,9,11H,4,10H2,1-2H3. The molecule has 66 valence electrons. The topological polar surface area (TPSA) is 47.3 Å². The van der Waals surface area contributed by atoms with E-state index in [0.29, 0.717) is 7.62 Å². The molecular formula is C8H15BN2O. The molecule has 4 heteroatoms. The highest BCUT2D eigenvalue weighted by molar-refractivity contribution is 6.24. The number of nitrogens with one attached hydrogen (secondary N) is 1. The quantitative estimate of drug-likeness (QED) is 0.582. The highest BCUT2D eigenvalue weighted by Gasteiger charge is 2.11. The minimum absolute atomic E-state index is 0.101. The molecule has 1 unspecified atom stereocenters. The fraction of sp³-hybridized carbons (Fsp3) is 0.500. The molecule has 0 saturated heterocycles. The molecule has 3 nitrogen and oxygen atoms in total. The third-order valence-electron chi connectivity index (χ3n) is 1.90. The van der Waals surface area contributed by atoms with E-state index in [2.05, 4.69) is 24.3 Å². The first-order valence-corrected chi connectivity index (χ1v) is 4.11. The zero-order valence-electron chi connectivity index (χ0n) is 7.63. The summed E-state index contributed by atoms with van der Waals surface area (Å²) in [5.74, 6) is 0. The largest absolute Gasteiger partial charge is 0.422 e. The van der Waals surface area contributed by atoms with Gasteiger partial charge in [0, 0.05) is 18.8 Å². The van der Waals surface area contributed by atoms with Crippen molar-refractivity contribution < 1.29 is 4.65 Å². The number of hydrogen-bond acceptors (Lipinski definition) is 3. The molecular weight excluding hydrogens is 151 g/mol. The second-order valence-electron chi connectivity index (χ2n) is 3.00. The highest BCUT2D eigenvalue weighted by atomic mass is 16.4. The summed E-state index contributed by atoms with van der Waals surface area (Å²) in [5, 5.41) is 3.12. The molecule has 1 atom stereocenters. The predicted octanol–water partition coefficient (Wildman–Crippen LogP) is 0.0501. The van der Waals surface area contributed by atoms with Crippen molar-refractivity contribution in [3.05, 3.63) is 23.4 Å². The Labute approximate surface area is 74.0 Å². The van der Waals surface area contributed by atoms with Crippen molar-refractivity contribution in [1.29, 1.82) is 0 Å². The lowest BCUT2D eigenvalue weighted by Gasteiger charge is -2.19. The van der Waals surface area contributed by atoms with E-state index in [1.165, 1.54) is 5.57 Å². The van der Waals surface area contributed by atoms with Crippen LogP contribution in [-0.4, -0.2) is 20.8 Å². The first-order chi connectivity index (χ1) is 5.74. The fourth-order valence-corrected chi connectivity index (χ4v) is 1.19. The molecule has 0 spiro atoms. The maximum atomic E-state index is 5.85. The molecule has 0 radical (unpaired) electrons. The average Bonchev–Trinajstić information content (AvgIpc) is 2.07. The van der Waals surface area contributed by atoms with E-state index < -0.39 is 0 Å². The molecule has 0 aromatic carbocycles. The van der Waals surface area contributed by atoms with Crippen molar-refractivity contribution in [3.63, 3.8) is 0 Å². The molecule has 0 saturated carbocycles.